The Labute approximate surface area is 135 Å². The molecular weight excluding hydrogens is 293 g/mol. The molecule has 3 rings (SSSR count). The number of aromatic nitrogens is 2. The molecule has 1 saturated carbocycles. The maximum Gasteiger partial charge on any atom is 0.200 e. The highest BCUT2D eigenvalue weighted by atomic mass is 19.1. The number of rotatable bonds is 5. The minimum Gasteiger partial charge on any atom is -0.351 e. The molecule has 1 heterocycles. The largest absolute Gasteiger partial charge is 0.351 e. The summed E-state index contributed by atoms with van der Waals surface area (Å²) in [6.07, 6.45) is 10.2. The minimum absolute atomic E-state index is 0.00784. The molecule has 0 saturated heterocycles. The van der Waals surface area contributed by atoms with E-state index in [4.69, 9.17) is 4.74 Å². The summed E-state index contributed by atoms with van der Waals surface area (Å²) in [6, 6.07) is 8.62. The molecule has 1 aliphatic carbocycles. The molecule has 4 nitrogen and oxygen atoms in total. The van der Waals surface area contributed by atoms with Crippen LogP contribution in [0.1, 0.15) is 37.7 Å². The van der Waals surface area contributed by atoms with Gasteiger partial charge in [-0.15, -0.1) is 0 Å². The van der Waals surface area contributed by atoms with E-state index in [1.165, 1.54) is 12.5 Å². The first-order valence-electron chi connectivity index (χ1n) is 8.03. The van der Waals surface area contributed by atoms with Gasteiger partial charge in [0.25, 0.3) is 0 Å². The normalized spacial score (nSPS) is 18.3. The number of nitrogens with zero attached hydrogens (tertiary/aromatic N) is 3. The van der Waals surface area contributed by atoms with Gasteiger partial charge < -0.3 is 9.30 Å². The van der Waals surface area contributed by atoms with Crippen molar-refractivity contribution in [3.8, 4) is 6.07 Å². The number of nitriles is 1. The van der Waals surface area contributed by atoms with Crippen LogP contribution in [-0.2, 0) is 16.9 Å². The average Bonchev–Trinajstić information content (AvgIpc) is 3.08. The average molecular weight is 313 g/mol. The minimum atomic E-state index is -1.34. The maximum atomic E-state index is 14.4. The van der Waals surface area contributed by atoms with Crippen molar-refractivity contribution < 1.29 is 9.13 Å². The van der Waals surface area contributed by atoms with Crippen LogP contribution in [0.4, 0.5) is 4.39 Å². The zero-order valence-electron chi connectivity index (χ0n) is 13.0. The van der Waals surface area contributed by atoms with Crippen LogP contribution >= 0.6 is 0 Å². The van der Waals surface area contributed by atoms with Crippen molar-refractivity contribution >= 4 is 0 Å². The molecule has 23 heavy (non-hydrogen) atoms. The molecule has 2 aromatic rings. The van der Waals surface area contributed by atoms with Gasteiger partial charge in [-0.2, -0.15) is 5.26 Å². The molecule has 120 valence electrons. The maximum absolute atomic E-state index is 14.4. The summed E-state index contributed by atoms with van der Waals surface area (Å²) in [5, 5.41) is 9.91. The third-order valence-electron chi connectivity index (χ3n) is 4.37. The second-order valence-electron chi connectivity index (χ2n) is 6.03. The van der Waals surface area contributed by atoms with Gasteiger partial charge in [0.2, 0.25) is 0 Å². The summed E-state index contributed by atoms with van der Waals surface area (Å²) >= 11 is 0. The SMILES string of the molecule is N#CC(Cn1ccnc1)(OC1CCCCC1)c1ccccc1F. The summed E-state index contributed by atoms with van der Waals surface area (Å²) < 4.78 is 22.4. The van der Waals surface area contributed by atoms with Gasteiger partial charge in [0.1, 0.15) is 11.9 Å². The Morgan fingerprint density at radius 2 is 2.09 bits per heavy atom. The van der Waals surface area contributed by atoms with E-state index in [-0.39, 0.29) is 12.6 Å². The number of benzene rings is 1. The number of imidazole rings is 1. The van der Waals surface area contributed by atoms with Gasteiger partial charge in [-0.1, -0.05) is 37.5 Å². The van der Waals surface area contributed by atoms with Crippen molar-refractivity contribution in [3.63, 3.8) is 0 Å². The summed E-state index contributed by atoms with van der Waals surface area (Å²) in [6.45, 7) is 0.223. The van der Waals surface area contributed by atoms with Crippen LogP contribution in [0.15, 0.2) is 43.0 Å². The van der Waals surface area contributed by atoms with Crippen LogP contribution in [0.25, 0.3) is 0 Å². The smallest absolute Gasteiger partial charge is 0.200 e. The molecule has 0 aliphatic heterocycles. The monoisotopic (exact) mass is 313 g/mol. The van der Waals surface area contributed by atoms with Crippen molar-refractivity contribution in [1.29, 1.82) is 5.26 Å². The standard InChI is InChI=1S/C18H20FN3O/c19-17-9-5-4-8-16(17)18(12-20,13-22-11-10-21-14-22)23-15-6-2-1-3-7-15/h4-5,8-11,14-15H,1-3,6-7,13H2. The first kappa shape index (κ1) is 15.7. The number of ether oxygens (including phenoxy) is 1. The van der Waals surface area contributed by atoms with Gasteiger partial charge in [-0.05, 0) is 18.9 Å². The van der Waals surface area contributed by atoms with Crippen molar-refractivity contribution in [2.24, 2.45) is 0 Å². The van der Waals surface area contributed by atoms with Crippen molar-refractivity contribution in [1.82, 2.24) is 9.55 Å². The van der Waals surface area contributed by atoms with Crippen molar-refractivity contribution in [2.45, 2.75) is 50.4 Å². The van der Waals surface area contributed by atoms with E-state index < -0.39 is 11.4 Å². The molecule has 1 aromatic heterocycles. The molecular formula is C18H20FN3O. The highest BCUT2D eigenvalue weighted by molar-refractivity contribution is 5.30. The fraction of sp³-hybridized carbons (Fsp3) is 0.444. The number of hydrogen-bond donors (Lipinski definition) is 0. The summed E-state index contributed by atoms with van der Waals surface area (Å²) in [5.41, 5.74) is -1.05. The van der Waals surface area contributed by atoms with Crippen LogP contribution in [0.3, 0.4) is 0 Å². The topological polar surface area (TPSA) is 50.8 Å². The molecule has 1 aliphatic rings. The lowest BCUT2D eigenvalue weighted by molar-refractivity contribution is -0.0869. The second kappa shape index (κ2) is 6.93. The third-order valence-corrected chi connectivity index (χ3v) is 4.37. The molecule has 0 amide bonds. The predicted octanol–water partition coefficient (Wildman–Crippen LogP) is 3.79. The molecule has 5 heteroatoms. The fourth-order valence-electron chi connectivity index (χ4n) is 3.20. The Kier molecular flexibility index (Phi) is 4.73. The second-order valence-corrected chi connectivity index (χ2v) is 6.03. The lowest BCUT2D eigenvalue weighted by atomic mass is 9.91. The Bertz CT molecular complexity index is 674. The molecule has 1 unspecified atom stereocenters. The highest BCUT2D eigenvalue weighted by Crippen LogP contribution is 2.34. The van der Waals surface area contributed by atoms with Crippen molar-refractivity contribution in [3.05, 3.63) is 54.4 Å². The van der Waals surface area contributed by atoms with Gasteiger partial charge in [-0.25, -0.2) is 9.37 Å². The lowest BCUT2D eigenvalue weighted by Gasteiger charge is -2.34. The molecule has 0 radical (unpaired) electrons. The molecule has 0 bridgehead atoms. The summed E-state index contributed by atoms with van der Waals surface area (Å²) in [4.78, 5) is 4.01. The van der Waals surface area contributed by atoms with E-state index in [1.54, 1.807) is 41.5 Å². The number of halogens is 1. The zero-order valence-corrected chi connectivity index (χ0v) is 13.0. The van der Waals surface area contributed by atoms with Crippen LogP contribution in [0.5, 0.6) is 0 Å². The van der Waals surface area contributed by atoms with Gasteiger partial charge >= 0.3 is 0 Å². The molecule has 1 atom stereocenters. The van der Waals surface area contributed by atoms with Crippen LogP contribution < -0.4 is 0 Å². The van der Waals surface area contributed by atoms with E-state index in [9.17, 15) is 9.65 Å². The van der Waals surface area contributed by atoms with E-state index in [0.29, 0.717) is 5.56 Å². The molecule has 0 N–H and O–H groups in total. The zero-order chi connectivity index (χ0) is 16.1. The summed E-state index contributed by atoms with van der Waals surface area (Å²) in [5.74, 6) is -0.412. The Morgan fingerprint density at radius 3 is 2.74 bits per heavy atom. The third kappa shape index (κ3) is 3.43. The summed E-state index contributed by atoms with van der Waals surface area (Å²) in [7, 11) is 0. The van der Waals surface area contributed by atoms with Gasteiger partial charge in [0.15, 0.2) is 5.60 Å². The Balaban J connectivity index is 1.96. The Hall–Kier alpha value is -2.19. The van der Waals surface area contributed by atoms with Crippen LogP contribution in [0, 0.1) is 17.1 Å². The first-order valence-corrected chi connectivity index (χ1v) is 8.03. The van der Waals surface area contributed by atoms with E-state index in [1.807, 2.05) is 0 Å². The lowest BCUT2D eigenvalue weighted by Crippen LogP contribution is -2.38. The highest BCUT2D eigenvalue weighted by Gasteiger charge is 2.39. The van der Waals surface area contributed by atoms with Gasteiger partial charge in [0.05, 0.1) is 19.0 Å². The van der Waals surface area contributed by atoms with Crippen LogP contribution in [-0.4, -0.2) is 15.7 Å². The number of hydrogen-bond acceptors (Lipinski definition) is 3. The predicted molar refractivity (Wildman–Crippen MR) is 83.9 cm³/mol. The Morgan fingerprint density at radius 1 is 1.30 bits per heavy atom. The van der Waals surface area contributed by atoms with E-state index >= 15 is 0 Å². The fourth-order valence-corrected chi connectivity index (χ4v) is 3.20. The van der Waals surface area contributed by atoms with Gasteiger partial charge in [-0.3, -0.25) is 0 Å². The van der Waals surface area contributed by atoms with Gasteiger partial charge in [0, 0.05) is 18.0 Å². The first-order chi connectivity index (χ1) is 11.2. The van der Waals surface area contributed by atoms with E-state index in [2.05, 4.69) is 11.1 Å². The molecule has 1 fully saturated rings. The molecule has 0 spiro atoms. The quantitative estimate of drug-likeness (QED) is 0.844. The van der Waals surface area contributed by atoms with Crippen LogP contribution in [0.2, 0.25) is 0 Å². The van der Waals surface area contributed by atoms with E-state index in [0.717, 1.165) is 25.7 Å². The molecule has 1 aromatic carbocycles. The van der Waals surface area contributed by atoms with Crippen molar-refractivity contribution in [2.75, 3.05) is 0 Å².